The SMILES string of the molecule is NC1CCN(Cc2ccccc2)C(c2cnc3[nH]ccc3c2)C1. The van der Waals surface area contributed by atoms with Crippen LogP contribution in [0.2, 0.25) is 0 Å². The maximum atomic E-state index is 6.26. The molecule has 1 aliphatic heterocycles. The van der Waals surface area contributed by atoms with E-state index in [1.807, 2.05) is 12.4 Å². The van der Waals surface area contributed by atoms with E-state index < -0.39 is 0 Å². The van der Waals surface area contributed by atoms with E-state index >= 15 is 0 Å². The summed E-state index contributed by atoms with van der Waals surface area (Å²) in [7, 11) is 0. The highest BCUT2D eigenvalue weighted by Gasteiger charge is 2.28. The van der Waals surface area contributed by atoms with Crippen molar-refractivity contribution in [3.05, 3.63) is 66.0 Å². The number of H-pyrrole nitrogens is 1. The lowest BCUT2D eigenvalue weighted by Crippen LogP contribution is -2.41. The van der Waals surface area contributed by atoms with Crippen molar-refractivity contribution in [2.45, 2.75) is 31.5 Å². The topological polar surface area (TPSA) is 57.9 Å². The number of aromatic amines is 1. The molecule has 118 valence electrons. The zero-order valence-corrected chi connectivity index (χ0v) is 13.2. The highest BCUT2D eigenvalue weighted by Crippen LogP contribution is 2.32. The van der Waals surface area contributed by atoms with Gasteiger partial charge in [0.2, 0.25) is 0 Å². The van der Waals surface area contributed by atoms with Crippen LogP contribution in [-0.4, -0.2) is 27.5 Å². The minimum Gasteiger partial charge on any atom is -0.346 e. The van der Waals surface area contributed by atoms with Gasteiger partial charge in [0.05, 0.1) is 0 Å². The summed E-state index contributed by atoms with van der Waals surface area (Å²) in [6.07, 6.45) is 5.99. The van der Waals surface area contributed by atoms with Crippen LogP contribution in [0.3, 0.4) is 0 Å². The van der Waals surface area contributed by atoms with Crippen LogP contribution in [0.15, 0.2) is 54.9 Å². The largest absolute Gasteiger partial charge is 0.346 e. The summed E-state index contributed by atoms with van der Waals surface area (Å²) >= 11 is 0. The minimum atomic E-state index is 0.272. The average Bonchev–Trinajstić information content (AvgIpc) is 3.05. The first-order valence-corrected chi connectivity index (χ1v) is 8.26. The van der Waals surface area contributed by atoms with Crippen LogP contribution in [0.25, 0.3) is 11.0 Å². The second-order valence-electron chi connectivity index (χ2n) is 6.44. The summed E-state index contributed by atoms with van der Waals surface area (Å²) in [5.74, 6) is 0. The molecule has 1 aliphatic rings. The van der Waals surface area contributed by atoms with Crippen molar-refractivity contribution in [1.29, 1.82) is 0 Å². The minimum absolute atomic E-state index is 0.272. The zero-order valence-electron chi connectivity index (χ0n) is 13.2. The monoisotopic (exact) mass is 306 g/mol. The van der Waals surface area contributed by atoms with Crippen LogP contribution in [0.5, 0.6) is 0 Å². The first-order chi connectivity index (χ1) is 11.3. The molecular weight excluding hydrogens is 284 g/mol. The van der Waals surface area contributed by atoms with Gasteiger partial charge in [-0.25, -0.2) is 4.98 Å². The van der Waals surface area contributed by atoms with Gasteiger partial charge in [-0.05, 0) is 36.1 Å². The molecule has 0 radical (unpaired) electrons. The third kappa shape index (κ3) is 3.00. The van der Waals surface area contributed by atoms with Gasteiger partial charge in [-0.15, -0.1) is 0 Å². The number of hydrogen-bond acceptors (Lipinski definition) is 3. The molecular formula is C19H22N4. The van der Waals surface area contributed by atoms with Crippen LogP contribution in [0, 0.1) is 0 Å². The van der Waals surface area contributed by atoms with Crippen molar-refractivity contribution < 1.29 is 0 Å². The van der Waals surface area contributed by atoms with Gasteiger partial charge in [-0.2, -0.15) is 0 Å². The molecule has 3 heterocycles. The number of nitrogens with zero attached hydrogens (tertiary/aromatic N) is 2. The number of hydrogen-bond donors (Lipinski definition) is 2. The molecule has 1 saturated heterocycles. The number of benzene rings is 1. The standard InChI is InChI=1S/C19H22N4/c20-17-7-9-23(13-14-4-2-1-3-5-14)18(11-17)16-10-15-6-8-21-19(15)22-12-16/h1-6,8,10,12,17-18H,7,9,11,13,20H2,(H,21,22). The molecule has 2 unspecified atom stereocenters. The summed E-state index contributed by atoms with van der Waals surface area (Å²) < 4.78 is 0. The summed E-state index contributed by atoms with van der Waals surface area (Å²) in [5, 5.41) is 1.17. The molecule has 4 rings (SSSR count). The van der Waals surface area contributed by atoms with Gasteiger partial charge in [0.25, 0.3) is 0 Å². The summed E-state index contributed by atoms with van der Waals surface area (Å²) in [6, 6.07) is 15.6. The first-order valence-electron chi connectivity index (χ1n) is 8.26. The molecule has 4 heteroatoms. The van der Waals surface area contributed by atoms with E-state index in [2.05, 4.69) is 57.3 Å². The van der Waals surface area contributed by atoms with Crippen LogP contribution in [0.4, 0.5) is 0 Å². The number of nitrogens with two attached hydrogens (primary N) is 1. The van der Waals surface area contributed by atoms with Gasteiger partial charge < -0.3 is 10.7 Å². The Morgan fingerprint density at radius 1 is 1.22 bits per heavy atom. The van der Waals surface area contributed by atoms with Crippen LogP contribution < -0.4 is 5.73 Å². The molecule has 4 nitrogen and oxygen atoms in total. The summed E-state index contributed by atoms with van der Waals surface area (Å²) in [5.41, 5.74) is 9.82. The van der Waals surface area contributed by atoms with Crippen molar-refractivity contribution in [3.63, 3.8) is 0 Å². The molecule has 0 amide bonds. The third-order valence-electron chi connectivity index (χ3n) is 4.79. The Morgan fingerprint density at radius 3 is 2.96 bits per heavy atom. The Balaban J connectivity index is 1.63. The molecule has 0 spiro atoms. The normalized spacial score (nSPS) is 22.5. The fourth-order valence-electron chi connectivity index (χ4n) is 3.53. The van der Waals surface area contributed by atoms with Crippen LogP contribution in [0.1, 0.15) is 30.0 Å². The molecule has 0 bridgehead atoms. The van der Waals surface area contributed by atoms with E-state index in [-0.39, 0.29) is 6.04 Å². The van der Waals surface area contributed by atoms with E-state index in [0.717, 1.165) is 31.6 Å². The van der Waals surface area contributed by atoms with Crippen LogP contribution >= 0.6 is 0 Å². The summed E-state index contributed by atoms with van der Waals surface area (Å²) in [6.45, 7) is 2.00. The number of piperidine rings is 1. The van der Waals surface area contributed by atoms with Crippen molar-refractivity contribution in [2.75, 3.05) is 6.54 Å². The van der Waals surface area contributed by atoms with Crippen molar-refractivity contribution in [1.82, 2.24) is 14.9 Å². The first kappa shape index (κ1) is 14.4. The quantitative estimate of drug-likeness (QED) is 0.781. The molecule has 0 saturated carbocycles. The average molecular weight is 306 g/mol. The van der Waals surface area contributed by atoms with Crippen molar-refractivity contribution in [3.8, 4) is 0 Å². The molecule has 1 aromatic carbocycles. The van der Waals surface area contributed by atoms with Gasteiger partial charge >= 0.3 is 0 Å². The second kappa shape index (κ2) is 6.14. The number of nitrogens with one attached hydrogen (secondary N) is 1. The highest BCUT2D eigenvalue weighted by molar-refractivity contribution is 5.75. The van der Waals surface area contributed by atoms with Gasteiger partial charge in [0.15, 0.2) is 0 Å². The van der Waals surface area contributed by atoms with E-state index in [0.29, 0.717) is 6.04 Å². The van der Waals surface area contributed by atoms with E-state index in [4.69, 9.17) is 5.73 Å². The second-order valence-corrected chi connectivity index (χ2v) is 6.44. The Kier molecular flexibility index (Phi) is 3.85. The molecule has 0 aliphatic carbocycles. The maximum Gasteiger partial charge on any atom is 0.137 e. The predicted octanol–water partition coefficient (Wildman–Crippen LogP) is 3.23. The van der Waals surface area contributed by atoms with Crippen molar-refractivity contribution >= 4 is 11.0 Å². The zero-order chi connectivity index (χ0) is 15.6. The Bertz CT molecular complexity index is 780. The number of fused-ring (bicyclic) bond motifs is 1. The molecule has 2 atom stereocenters. The number of likely N-dealkylation sites (tertiary alicyclic amines) is 1. The Morgan fingerprint density at radius 2 is 2.09 bits per heavy atom. The van der Waals surface area contributed by atoms with Gasteiger partial charge in [0.1, 0.15) is 5.65 Å². The van der Waals surface area contributed by atoms with Crippen molar-refractivity contribution in [2.24, 2.45) is 5.73 Å². The molecule has 3 aromatic rings. The van der Waals surface area contributed by atoms with E-state index in [1.165, 1.54) is 16.5 Å². The number of rotatable bonds is 3. The Labute approximate surface area is 136 Å². The summed E-state index contributed by atoms with van der Waals surface area (Å²) in [4.78, 5) is 10.3. The molecule has 2 aromatic heterocycles. The fraction of sp³-hybridized carbons (Fsp3) is 0.316. The van der Waals surface area contributed by atoms with E-state index in [9.17, 15) is 0 Å². The molecule has 1 fully saturated rings. The van der Waals surface area contributed by atoms with Gasteiger partial charge in [-0.1, -0.05) is 30.3 Å². The number of pyridine rings is 1. The lowest BCUT2D eigenvalue weighted by Gasteiger charge is -2.38. The molecule has 3 N–H and O–H groups in total. The lowest BCUT2D eigenvalue weighted by molar-refractivity contribution is 0.128. The number of aromatic nitrogens is 2. The molecule has 23 heavy (non-hydrogen) atoms. The van der Waals surface area contributed by atoms with E-state index in [1.54, 1.807) is 0 Å². The smallest absolute Gasteiger partial charge is 0.137 e. The van der Waals surface area contributed by atoms with Gasteiger partial charge in [0, 0.05) is 43.0 Å². The van der Waals surface area contributed by atoms with Gasteiger partial charge in [-0.3, -0.25) is 4.90 Å². The Hall–Kier alpha value is -2.17. The van der Waals surface area contributed by atoms with Crippen LogP contribution in [-0.2, 0) is 6.54 Å². The third-order valence-corrected chi connectivity index (χ3v) is 4.79. The lowest BCUT2D eigenvalue weighted by atomic mass is 9.92. The highest BCUT2D eigenvalue weighted by atomic mass is 15.2. The maximum absolute atomic E-state index is 6.26. The predicted molar refractivity (Wildman–Crippen MR) is 92.9 cm³/mol. The fourth-order valence-corrected chi connectivity index (χ4v) is 3.53.